The van der Waals surface area contributed by atoms with Gasteiger partial charge in [0.05, 0.1) is 11.5 Å². The first kappa shape index (κ1) is 15.8. The van der Waals surface area contributed by atoms with Crippen LogP contribution in [0.4, 0.5) is 4.39 Å². The predicted molar refractivity (Wildman–Crippen MR) is 76.8 cm³/mol. The number of rotatable bonds is 4. The van der Waals surface area contributed by atoms with Crippen molar-refractivity contribution in [3.05, 3.63) is 34.6 Å². The Morgan fingerprint density at radius 2 is 2.05 bits per heavy atom. The molecule has 1 aliphatic carbocycles. The van der Waals surface area contributed by atoms with Crippen LogP contribution in [0.15, 0.2) is 18.2 Å². The van der Waals surface area contributed by atoms with Crippen molar-refractivity contribution in [1.29, 1.82) is 0 Å². The fourth-order valence-corrected chi connectivity index (χ4v) is 2.94. The number of amides is 1. The summed E-state index contributed by atoms with van der Waals surface area (Å²) in [6, 6.07) is 3.77. The lowest BCUT2D eigenvalue weighted by atomic mass is 9.79. The summed E-state index contributed by atoms with van der Waals surface area (Å²) in [5, 5.41) is 12.1. The molecule has 114 valence electrons. The Morgan fingerprint density at radius 1 is 1.33 bits per heavy atom. The summed E-state index contributed by atoms with van der Waals surface area (Å²) in [5.74, 6) is -2.59. The lowest BCUT2D eigenvalue weighted by Gasteiger charge is -2.28. The van der Waals surface area contributed by atoms with Gasteiger partial charge in [-0.2, -0.15) is 0 Å². The highest BCUT2D eigenvalue weighted by molar-refractivity contribution is 6.31. The molecule has 21 heavy (non-hydrogen) atoms. The first-order valence-electron chi connectivity index (χ1n) is 6.95. The zero-order valence-electron chi connectivity index (χ0n) is 11.4. The Balaban J connectivity index is 1.99. The maximum absolute atomic E-state index is 13.6. The van der Waals surface area contributed by atoms with Crippen LogP contribution in [0.1, 0.15) is 36.0 Å². The number of aliphatic carboxylic acids is 1. The van der Waals surface area contributed by atoms with Crippen LogP contribution in [-0.2, 0) is 4.79 Å². The van der Waals surface area contributed by atoms with Gasteiger partial charge in [-0.3, -0.25) is 9.59 Å². The fourth-order valence-electron chi connectivity index (χ4n) is 2.77. The molecule has 0 radical (unpaired) electrons. The second kappa shape index (κ2) is 6.89. The van der Waals surface area contributed by atoms with E-state index in [1.54, 1.807) is 0 Å². The van der Waals surface area contributed by atoms with E-state index in [-0.39, 0.29) is 23.0 Å². The van der Waals surface area contributed by atoms with E-state index < -0.39 is 23.6 Å². The molecule has 0 saturated heterocycles. The number of carbonyl (C=O) groups is 2. The molecular formula is C15H17ClFNO3. The van der Waals surface area contributed by atoms with Crippen LogP contribution in [0.5, 0.6) is 0 Å². The zero-order valence-corrected chi connectivity index (χ0v) is 12.2. The van der Waals surface area contributed by atoms with Gasteiger partial charge < -0.3 is 10.4 Å². The van der Waals surface area contributed by atoms with Crippen LogP contribution in [-0.4, -0.2) is 23.5 Å². The van der Waals surface area contributed by atoms with E-state index in [9.17, 15) is 19.1 Å². The summed E-state index contributed by atoms with van der Waals surface area (Å²) >= 11 is 5.75. The van der Waals surface area contributed by atoms with Crippen molar-refractivity contribution in [2.24, 2.45) is 11.8 Å². The van der Waals surface area contributed by atoms with Gasteiger partial charge in [0, 0.05) is 11.6 Å². The van der Waals surface area contributed by atoms with E-state index in [0.717, 1.165) is 25.3 Å². The Hall–Kier alpha value is -1.62. The Labute approximate surface area is 127 Å². The molecule has 0 aromatic heterocycles. The Bertz CT molecular complexity index is 550. The number of nitrogens with one attached hydrogen (secondary N) is 1. The average molecular weight is 314 g/mol. The SMILES string of the molecule is O=C(NCC1CCCCC1C(=O)O)c1cc(Cl)ccc1F. The van der Waals surface area contributed by atoms with Gasteiger partial charge in [-0.15, -0.1) is 0 Å². The minimum atomic E-state index is -0.831. The molecule has 0 bridgehead atoms. The number of carboxylic acids is 1. The topological polar surface area (TPSA) is 66.4 Å². The second-order valence-corrected chi connectivity index (χ2v) is 5.76. The summed E-state index contributed by atoms with van der Waals surface area (Å²) in [5.41, 5.74) is -0.120. The molecule has 1 amide bonds. The van der Waals surface area contributed by atoms with Gasteiger partial charge >= 0.3 is 5.97 Å². The molecule has 1 aliphatic rings. The van der Waals surface area contributed by atoms with Gasteiger partial charge in [0.25, 0.3) is 5.91 Å². The monoisotopic (exact) mass is 313 g/mol. The largest absolute Gasteiger partial charge is 0.481 e. The van der Waals surface area contributed by atoms with E-state index >= 15 is 0 Å². The van der Waals surface area contributed by atoms with Gasteiger partial charge in [0.2, 0.25) is 0 Å². The van der Waals surface area contributed by atoms with Gasteiger partial charge in [-0.25, -0.2) is 4.39 Å². The number of hydrogen-bond acceptors (Lipinski definition) is 2. The first-order chi connectivity index (χ1) is 9.99. The van der Waals surface area contributed by atoms with Crippen molar-refractivity contribution in [2.45, 2.75) is 25.7 Å². The Kier molecular flexibility index (Phi) is 5.17. The van der Waals surface area contributed by atoms with Crippen LogP contribution >= 0.6 is 11.6 Å². The molecule has 0 spiro atoms. The third kappa shape index (κ3) is 3.94. The van der Waals surface area contributed by atoms with Crippen molar-refractivity contribution in [3.8, 4) is 0 Å². The highest BCUT2D eigenvalue weighted by Crippen LogP contribution is 2.29. The number of carboxylic acid groups (broad SMARTS) is 1. The summed E-state index contributed by atoms with van der Waals surface area (Å²) < 4.78 is 13.6. The van der Waals surface area contributed by atoms with E-state index in [2.05, 4.69) is 5.32 Å². The standard InChI is InChI=1S/C15H17ClFNO3/c16-10-5-6-13(17)12(7-10)14(19)18-8-9-3-1-2-4-11(9)15(20)21/h5-7,9,11H,1-4,8H2,(H,18,19)(H,20,21). The lowest BCUT2D eigenvalue weighted by Crippen LogP contribution is -2.37. The molecule has 2 atom stereocenters. The predicted octanol–water partition coefficient (Wildman–Crippen LogP) is 3.10. The summed E-state index contributed by atoms with van der Waals surface area (Å²) in [4.78, 5) is 23.2. The van der Waals surface area contributed by atoms with Gasteiger partial charge in [-0.1, -0.05) is 24.4 Å². The van der Waals surface area contributed by atoms with Crippen molar-refractivity contribution in [3.63, 3.8) is 0 Å². The van der Waals surface area contributed by atoms with Gasteiger partial charge in [0.15, 0.2) is 0 Å². The van der Waals surface area contributed by atoms with Crippen LogP contribution in [0, 0.1) is 17.7 Å². The highest BCUT2D eigenvalue weighted by atomic mass is 35.5. The molecule has 6 heteroatoms. The van der Waals surface area contributed by atoms with Crippen molar-refractivity contribution in [1.82, 2.24) is 5.32 Å². The second-order valence-electron chi connectivity index (χ2n) is 5.32. The normalized spacial score (nSPS) is 21.8. The molecule has 1 saturated carbocycles. The maximum Gasteiger partial charge on any atom is 0.306 e. The van der Waals surface area contributed by atoms with Crippen molar-refractivity contribution in [2.75, 3.05) is 6.54 Å². The quantitative estimate of drug-likeness (QED) is 0.897. The lowest BCUT2D eigenvalue weighted by molar-refractivity contribution is -0.144. The van der Waals surface area contributed by atoms with E-state index in [4.69, 9.17) is 11.6 Å². The van der Waals surface area contributed by atoms with E-state index in [1.807, 2.05) is 0 Å². The van der Waals surface area contributed by atoms with Crippen LogP contribution in [0.25, 0.3) is 0 Å². The van der Waals surface area contributed by atoms with Crippen LogP contribution < -0.4 is 5.32 Å². The molecule has 0 aliphatic heterocycles. The summed E-state index contributed by atoms with van der Waals surface area (Å²) in [6.45, 7) is 0.238. The van der Waals surface area contributed by atoms with Crippen LogP contribution in [0.2, 0.25) is 5.02 Å². The van der Waals surface area contributed by atoms with Gasteiger partial charge in [0.1, 0.15) is 5.82 Å². The number of hydrogen-bond donors (Lipinski definition) is 2. The first-order valence-corrected chi connectivity index (χ1v) is 7.33. The molecular weight excluding hydrogens is 297 g/mol. The third-order valence-corrected chi connectivity index (χ3v) is 4.16. The Morgan fingerprint density at radius 3 is 2.76 bits per heavy atom. The molecule has 1 aromatic rings. The average Bonchev–Trinajstić information content (AvgIpc) is 2.47. The third-order valence-electron chi connectivity index (χ3n) is 3.92. The number of benzene rings is 1. The number of halogens is 2. The molecule has 1 fully saturated rings. The molecule has 2 unspecified atom stereocenters. The molecule has 2 rings (SSSR count). The smallest absolute Gasteiger partial charge is 0.306 e. The maximum atomic E-state index is 13.6. The molecule has 1 aromatic carbocycles. The summed E-state index contributed by atoms with van der Waals surface area (Å²) in [7, 11) is 0. The van der Waals surface area contributed by atoms with Crippen molar-refractivity contribution >= 4 is 23.5 Å². The summed E-state index contributed by atoms with van der Waals surface area (Å²) in [6.07, 6.45) is 3.23. The number of carbonyl (C=O) groups excluding carboxylic acids is 1. The van der Waals surface area contributed by atoms with Gasteiger partial charge in [-0.05, 0) is 37.0 Å². The zero-order chi connectivity index (χ0) is 15.4. The minimum Gasteiger partial charge on any atom is -0.481 e. The molecule has 0 heterocycles. The van der Waals surface area contributed by atoms with Crippen molar-refractivity contribution < 1.29 is 19.1 Å². The van der Waals surface area contributed by atoms with Crippen LogP contribution in [0.3, 0.4) is 0 Å². The fraction of sp³-hybridized carbons (Fsp3) is 0.467. The van der Waals surface area contributed by atoms with E-state index in [0.29, 0.717) is 6.42 Å². The minimum absolute atomic E-state index is 0.109. The highest BCUT2D eigenvalue weighted by Gasteiger charge is 2.31. The van der Waals surface area contributed by atoms with E-state index in [1.165, 1.54) is 12.1 Å². The molecule has 4 nitrogen and oxygen atoms in total. The molecule has 2 N–H and O–H groups in total.